The van der Waals surface area contributed by atoms with Crippen molar-refractivity contribution in [3.05, 3.63) is 36.5 Å². The van der Waals surface area contributed by atoms with Crippen molar-refractivity contribution in [2.24, 2.45) is 0 Å². The first-order chi connectivity index (χ1) is 8.42. The van der Waals surface area contributed by atoms with E-state index in [1.165, 1.54) is 0 Å². The minimum Gasteiger partial charge on any atom is -0.490 e. The van der Waals surface area contributed by atoms with Crippen molar-refractivity contribution in [3.8, 4) is 18.1 Å². The molecule has 0 spiro atoms. The number of nitrogens with zero attached hydrogens (tertiary/aromatic N) is 1. The number of aromatic nitrogens is 1. The topological polar surface area (TPSA) is 34.1 Å². The molecule has 2 rings (SSSR count). The van der Waals surface area contributed by atoms with Gasteiger partial charge in [-0.15, -0.1) is 6.42 Å². The lowest BCUT2D eigenvalue weighted by Gasteiger charge is -2.08. The largest absolute Gasteiger partial charge is 0.490 e. The number of rotatable bonds is 5. The van der Waals surface area contributed by atoms with E-state index < -0.39 is 0 Å². The third kappa shape index (κ3) is 2.96. The summed E-state index contributed by atoms with van der Waals surface area (Å²) < 4.78 is 5.67. The highest BCUT2D eigenvalue weighted by atomic mass is 16.5. The summed E-state index contributed by atoms with van der Waals surface area (Å²) >= 11 is 0. The van der Waals surface area contributed by atoms with Gasteiger partial charge in [-0.25, -0.2) is 0 Å². The Morgan fingerprint density at radius 2 is 2.18 bits per heavy atom. The predicted molar refractivity (Wildman–Crippen MR) is 68.9 cm³/mol. The molecule has 3 nitrogen and oxygen atoms in total. The fourth-order valence-electron chi connectivity index (χ4n) is 1.59. The number of nitrogens with one attached hydrogen (secondary N) is 1. The van der Waals surface area contributed by atoms with Gasteiger partial charge in [0.1, 0.15) is 17.9 Å². The first kappa shape index (κ1) is 11.4. The van der Waals surface area contributed by atoms with Crippen LogP contribution in [0.25, 0.3) is 10.9 Å². The molecule has 17 heavy (non-hydrogen) atoms. The van der Waals surface area contributed by atoms with Crippen molar-refractivity contribution in [1.82, 2.24) is 10.3 Å². The zero-order valence-corrected chi connectivity index (χ0v) is 9.52. The van der Waals surface area contributed by atoms with Crippen LogP contribution in [0.1, 0.15) is 0 Å². The second-order valence-corrected chi connectivity index (χ2v) is 3.56. The number of ether oxygens (including phenoxy) is 1. The van der Waals surface area contributed by atoms with E-state index in [-0.39, 0.29) is 0 Å². The molecule has 1 heterocycles. The van der Waals surface area contributed by atoms with Crippen molar-refractivity contribution >= 4 is 10.9 Å². The minimum absolute atomic E-state index is 0.567. The Balaban J connectivity index is 2.01. The normalized spacial score (nSPS) is 10.1. The minimum atomic E-state index is 0.567. The van der Waals surface area contributed by atoms with E-state index in [0.717, 1.165) is 23.2 Å². The Kier molecular flexibility index (Phi) is 3.95. The van der Waals surface area contributed by atoms with Gasteiger partial charge in [0.2, 0.25) is 0 Å². The SMILES string of the molecule is C#CCNCCOc1cccc2cccnc12. The summed E-state index contributed by atoms with van der Waals surface area (Å²) in [5.74, 6) is 3.33. The van der Waals surface area contributed by atoms with Crippen LogP contribution in [0, 0.1) is 12.3 Å². The van der Waals surface area contributed by atoms with E-state index in [4.69, 9.17) is 11.2 Å². The van der Waals surface area contributed by atoms with Crippen LogP contribution in [0.4, 0.5) is 0 Å². The molecule has 0 atom stereocenters. The molecule has 0 saturated heterocycles. The summed E-state index contributed by atoms with van der Waals surface area (Å²) in [7, 11) is 0. The van der Waals surface area contributed by atoms with Crippen LogP contribution in [0.15, 0.2) is 36.5 Å². The number of hydrogen-bond acceptors (Lipinski definition) is 3. The summed E-state index contributed by atoms with van der Waals surface area (Å²) in [6, 6.07) is 9.85. The Hall–Kier alpha value is -2.05. The van der Waals surface area contributed by atoms with Gasteiger partial charge in [-0.05, 0) is 12.1 Å². The van der Waals surface area contributed by atoms with Gasteiger partial charge in [-0.1, -0.05) is 24.1 Å². The lowest BCUT2D eigenvalue weighted by atomic mass is 10.2. The average Bonchev–Trinajstić information content (AvgIpc) is 2.39. The number of terminal acetylenes is 1. The van der Waals surface area contributed by atoms with E-state index in [0.29, 0.717) is 13.2 Å². The van der Waals surface area contributed by atoms with Gasteiger partial charge in [0, 0.05) is 18.1 Å². The van der Waals surface area contributed by atoms with Gasteiger partial charge in [0.05, 0.1) is 6.54 Å². The predicted octanol–water partition coefficient (Wildman–Crippen LogP) is 1.84. The molecule has 2 aromatic rings. The van der Waals surface area contributed by atoms with Crippen LogP contribution in [-0.4, -0.2) is 24.7 Å². The lowest BCUT2D eigenvalue weighted by Crippen LogP contribution is -2.21. The molecule has 86 valence electrons. The van der Waals surface area contributed by atoms with Crippen LogP contribution in [0.2, 0.25) is 0 Å². The molecule has 1 N–H and O–H groups in total. The zero-order chi connectivity index (χ0) is 11.9. The molecule has 0 aliphatic carbocycles. The van der Waals surface area contributed by atoms with Crippen LogP contribution in [-0.2, 0) is 0 Å². The number of para-hydroxylation sites is 1. The second kappa shape index (κ2) is 5.88. The molecule has 0 aliphatic heterocycles. The Morgan fingerprint density at radius 1 is 1.29 bits per heavy atom. The monoisotopic (exact) mass is 226 g/mol. The Labute approximate surface area is 101 Å². The van der Waals surface area contributed by atoms with Crippen LogP contribution in [0.3, 0.4) is 0 Å². The molecule has 0 unspecified atom stereocenters. The highest BCUT2D eigenvalue weighted by Gasteiger charge is 2.01. The number of benzene rings is 1. The van der Waals surface area contributed by atoms with Crippen molar-refractivity contribution in [2.45, 2.75) is 0 Å². The van der Waals surface area contributed by atoms with Crippen LogP contribution in [0.5, 0.6) is 5.75 Å². The molecule has 0 amide bonds. The molecule has 0 aliphatic rings. The molecule has 0 saturated carbocycles. The fourth-order valence-corrected chi connectivity index (χ4v) is 1.59. The quantitative estimate of drug-likeness (QED) is 0.624. The Morgan fingerprint density at radius 3 is 3.06 bits per heavy atom. The van der Waals surface area contributed by atoms with Gasteiger partial charge < -0.3 is 10.1 Å². The lowest BCUT2D eigenvalue weighted by molar-refractivity contribution is 0.320. The second-order valence-electron chi connectivity index (χ2n) is 3.56. The van der Waals surface area contributed by atoms with E-state index in [1.807, 2.05) is 30.3 Å². The number of pyridine rings is 1. The Bertz CT molecular complexity index is 526. The first-order valence-corrected chi connectivity index (χ1v) is 5.52. The standard InChI is InChI=1S/C14H14N2O/c1-2-8-15-10-11-17-13-7-3-5-12-6-4-9-16-14(12)13/h1,3-7,9,15H,8,10-11H2. The molecular formula is C14H14N2O. The van der Waals surface area contributed by atoms with Gasteiger partial charge >= 0.3 is 0 Å². The van der Waals surface area contributed by atoms with Crippen LogP contribution >= 0.6 is 0 Å². The van der Waals surface area contributed by atoms with Crippen molar-refractivity contribution < 1.29 is 4.74 Å². The summed E-state index contributed by atoms with van der Waals surface area (Å²) in [6.45, 7) is 1.88. The van der Waals surface area contributed by atoms with Crippen molar-refractivity contribution in [2.75, 3.05) is 19.7 Å². The van der Waals surface area contributed by atoms with Crippen LogP contribution < -0.4 is 10.1 Å². The fraction of sp³-hybridized carbons (Fsp3) is 0.214. The molecular weight excluding hydrogens is 212 g/mol. The zero-order valence-electron chi connectivity index (χ0n) is 9.52. The van der Waals surface area contributed by atoms with E-state index in [1.54, 1.807) is 6.20 Å². The first-order valence-electron chi connectivity index (χ1n) is 5.52. The number of hydrogen-bond donors (Lipinski definition) is 1. The van der Waals surface area contributed by atoms with E-state index in [2.05, 4.69) is 16.2 Å². The third-order valence-corrected chi connectivity index (χ3v) is 2.36. The smallest absolute Gasteiger partial charge is 0.145 e. The van der Waals surface area contributed by atoms with Gasteiger partial charge in [0.15, 0.2) is 0 Å². The average molecular weight is 226 g/mol. The summed E-state index contributed by atoms with van der Waals surface area (Å²) in [5.41, 5.74) is 0.895. The highest BCUT2D eigenvalue weighted by Crippen LogP contribution is 2.22. The summed E-state index contributed by atoms with van der Waals surface area (Å²) in [5, 5.41) is 4.16. The summed E-state index contributed by atoms with van der Waals surface area (Å²) in [4.78, 5) is 4.32. The molecule has 1 aromatic heterocycles. The third-order valence-electron chi connectivity index (χ3n) is 2.36. The van der Waals surface area contributed by atoms with Gasteiger partial charge in [0.25, 0.3) is 0 Å². The molecule has 0 fully saturated rings. The maximum atomic E-state index is 5.67. The molecule has 3 heteroatoms. The van der Waals surface area contributed by atoms with Crippen molar-refractivity contribution in [1.29, 1.82) is 0 Å². The molecule has 1 aromatic carbocycles. The van der Waals surface area contributed by atoms with E-state index >= 15 is 0 Å². The molecule has 0 bridgehead atoms. The van der Waals surface area contributed by atoms with E-state index in [9.17, 15) is 0 Å². The summed E-state index contributed by atoms with van der Waals surface area (Å²) in [6.07, 6.45) is 6.90. The maximum Gasteiger partial charge on any atom is 0.145 e. The van der Waals surface area contributed by atoms with Gasteiger partial charge in [-0.3, -0.25) is 4.98 Å². The molecule has 0 radical (unpaired) electrons. The van der Waals surface area contributed by atoms with Crippen molar-refractivity contribution in [3.63, 3.8) is 0 Å². The van der Waals surface area contributed by atoms with Gasteiger partial charge in [-0.2, -0.15) is 0 Å². The maximum absolute atomic E-state index is 5.67. The highest BCUT2D eigenvalue weighted by molar-refractivity contribution is 5.84. The number of fused-ring (bicyclic) bond motifs is 1.